The van der Waals surface area contributed by atoms with Crippen LogP contribution in [-0.4, -0.2) is 43.6 Å². The molecule has 1 saturated heterocycles. The second kappa shape index (κ2) is 5.19. The molecule has 3 atom stereocenters. The van der Waals surface area contributed by atoms with Crippen LogP contribution in [0.15, 0.2) is 17.3 Å². The van der Waals surface area contributed by atoms with Crippen molar-refractivity contribution in [3.8, 4) is 0 Å². The zero-order chi connectivity index (χ0) is 14.3. The first-order valence-electron chi connectivity index (χ1n) is 6.09. The van der Waals surface area contributed by atoms with E-state index in [0.29, 0.717) is 17.1 Å². The van der Waals surface area contributed by atoms with Crippen molar-refractivity contribution >= 4 is 28.9 Å². The SMILES string of the molecule is NSc1nc(N)nc2c1ccn2[C@H]1C[C@H](O)[C@@H](CO)O1. The number of aromatic nitrogens is 3. The maximum Gasteiger partial charge on any atom is 0.223 e. The van der Waals surface area contributed by atoms with E-state index in [1.165, 1.54) is 0 Å². The van der Waals surface area contributed by atoms with E-state index < -0.39 is 18.4 Å². The van der Waals surface area contributed by atoms with Crippen LogP contribution in [0.1, 0.15) is 12.6 Å². The first-order valence-corrected chi connectivity index (χ1v) is 6.97. The average Bonchev–Trinajstić information content (AvgIpc) is 3.00. The summed E-state index contributed by atoms with van der Waals surface area (Å²) in [6, 6.07) is 1.83. The Hall–Kier alpha value is -1.39. The highest BCUT2D eigenvalue weighted by molar-refractivity contribution is 7.97. The summed E-state index contributed by atoms with van der Waals surface area (Å²) in [6.07, 6.45) is 0.481. The maximum absolute atomic E-state index is 9.81. The summed E-state index contributed by atoms with van der Waals surface area (Å²) in [5.41, 5.74) is 6.27. The van der Waals surface area contributed by atoms with Crippen LogP contribution in [0.5, 0.6) is 0 Å². The molecule has 3 rings (SSSR count). The molecule has 2 aromatic heterocycles. The number of rotatable bonds is 3. The molecule has 0 aromatic carbocycles. The lowest BCUT2D eigenvalue weighted by atomic mass is 10.2. The minimum Gasteiger partial charge on any atom is -0.394 e. The number of nitrogen functional groups attached to an aromatic ring is 1. The highest BCUT2D eigenvalue weighted by Crippen LogP contribution is 2.33. The summed E-state index contributed by atoms with van der Waals surface area (Å²) in [5, 5.41) is 25.9. The van der Waals surface area contributed by atoms with Crippen LogP contribution in [0.2, 0.25) is 0 Å². The lowest BCUT2D eigenvalue weighted by Crippen LogP contribution is -2.24. The van der Waals surface area contributed by atoms with Crippen molar-refractivity contribution in [3.05, 3.63) is 12.3 Å². The third-order valence-corrected chi connectivity index (χ3v) is 3.89. The molecule has 3 heterocycles. The number of fused-ring (bicyclic) bond motifs is 1. The molecule has 6 N–H and O–H groups in total. The zero-order valence-electron chi connectivity index (χ0n) is 10.5. The summed E-state index contributed by atoms with van der Waals surface area (Å²) in [7, 11) is 0. The van der Waals surface area contributed by atoms with Crippen LogP contribution < -0.4 is 10.9 Å². The van der Waals surface area contributed by atoms with Crippen molar-refractivity contribution in [2.75, 3.05) is 12.3 Å². The van der Waals surface area contributed by atoms with Gasteiger partial charge in [0.1, 0.15) is 23.0 Å². The Morgan fingerprint density at radius 2 is 2.30 bits per heavy atom. The number of hydrogen-bond acceptors (Lipinski definition) is 8. The summed E-state index contributed by atoms with van der Waals surface area (Å²) in [4.78, 5) is 8.27. The van der Waals surface area contributed by atoms with E-state index in [9.17, 15) is 5.11 Å². The van der Waals surface area contributed by atoms with Crippen molar-refractivity contribution in [3.63, 3.8) is 0 Å². The quantitative estimate of drug-likeness (QED) is 0.445. The van der Waals surface area contributed by atoms with Gasteiger partial charge in [0.15, 0.2) is 0 Å². The number of hydrogen-bond donors (Lipinski definition) is 4. The summed E-state index contributed by atoms with van der Waals surface area (Å²) >= 11 is 0.999. The van der Waals surface area contributed by atoms with Gasteiger partial charge in [-0.25, -0.2) is 4.98 Å². The van der Waals surface area contributed by atoms with Gasteiger partial charge in [0.2, 0.25) is 5.95 Å². The van der Waals surface area contributed by atoms with E-state index in [-0.39, 0.29) is 12.6 Å². The van der Waals surface area contributed by atoms with Gasteiger partial charge >= 0.3 is 0 Å². The zero-order valence-corrected chi connectivity index (χ0v) is 11.3. The molecule has 8 nitrogen and oxygen atoms in total. The van der Waals surface area contributed by atoms with Crippen molar-refractivity contribution in [1.82, 2.24) is 14.5 Å². The molecule has 20 heavy (non-hydrogen) atoms. The van der Waals surface area contributed by atoms with Gasteiger partial charge in [-0.15, -0.1) is 0 Å². The third-order valence-electron chi connectivity index (χ3n) is 3.36. The van der Waals surface area contributed by atoms with Crippen molar-refractivity contribution in [2.45, 2.75) is 29.9 Å². The molecule has 9 heteroatoms. The van der Waals surface area contributed by atoms with Crippen molar-refractivity contribution < 1.29 is 14.9 Å². The molecule has 2 aromatic rings. The van der Waals surface area contributed by atoms with Crippen LogP contribution >= 0.6 is 11.9 Å². The van der Waals surface area contributed by atoms with Crippen LogP contribution in [0.3, 0.4) is 0 Å². The van der Waals surface area contributed by atoms with Crippen LogP contribution in [-0.2, 0) is 4.74 Å². The van der Waals surface area contributed by atoms with Crippen LogP contribution in [0.4, 0.5) is 5.95 Å². The predicted octanol–water partition coefficient (Wildman–Crippen LogP) is -0.380. The monoisotopic (exact) mass is 297 g/mol. The Kier molecular flexibility index (Phi) is 3.52. The second-order valence-corrected chi connectivity index (χ2v) is 5.20. The number of aliphatic hydroxyl groups is 2. The smallest absolute Gasteiger partial charge is 0.223 e. The number of nitrogens with two attached hydrogens (primary N) is 2. The second-order valence-electron chi connectivity index (χ2n) is 4.58. The fourth-order valence-electron chi connectivity index (χ4n) is 2.39. The highest BCUT2D eigenvalue weighted by atomic mass is 32.2. The number of anilines is 1. The van der Waals surface area contributed by atoms with Gasteiger partial charge in [-0.05, 0) is 18.0 Å². The normalized spacial score (nSPS) is 26.4. The molecule has 0 bridgehead atoms. The Morgan fingerprint density at radius 1 is 1.50 bits per heavy atom. The molecule has 0 saturated carbocycles. The third kappa shape index (κ3) is 2.13. The van der Waals surface area contributed by atoms with Gasteiger partial charge in [-0.1, -0.05) is 0 Å². The summed E-state index contributed by atoms with van der Waals surface area (Å²) in [6.45, 7) is -0.224. The van der Waals surface area contributed by atoms with Crippen LogP contribution in [0.25, 0.3) is 11.0 Å². The molecule has 108 valence electrons. The molecule has 0 aliphatic carbocycles. The van der Waals surface area contributed by atoms with Crippen LogP contribution in [0, 0.1) is 0 Å². The lowest BCUT2D eigenvalue weighted by Gasteiger charge is -2.14. The van der Waals surface area contributed by atoms with Gasteiger partial charge in [-0.2, -0.15) is 4.98 Å². The Balaban J connectivity index is 2.03. The highest BCUT2D eigenvalue weighted by Gasteiger charge is 2.35. The standard InChI is InChI=1S/C11H15N5O3S/c12-11-14-9-5(10(15-11)20-13)1-2-16(9)8-3-6(18)7(4-17)19-8/h1-2,6-8,17-18H,3-4,13H2,(H2,12,14,15)/t6-,7+,8+/m0/s1. The molecule has 0 amide bonds. The average molecular weight is 297 g/mol. The summed E-state index contributed by atoms with van der Waals surface area (Å²) < 4.78 is 7.38. The van der Waals surface area contributed by atoms with E-state index in [1.54, 1.807) is 10.8 Å². The first-order chi connectivity index (χ1) is 9.63. The van der Waals surface area contributed by atoms with Gasteiger partial charge < -0.3 is 25.3 Å². The Morgan fingerprint density at radius 3 is 2.95 bits per heavy atom. The fraction of sp³-hybridized carbons (Fsp3) is 0.455. The van der Waals surface area contributed by atoms with E-state index in [0.717, 1.165) is 17.3 Å². The summed E-state index contributed by atoms with van der Waals surface area (Å²) in [5.74, 6) is 0.127. The molecular weight excluding hydrogens is 282 g/mol. The van der Waals surface area contributed by atoms with Gasteiger partial charge in [0.25, 0.3) is 0 Å². The van der Waals surface area contributed by atoms with Crippen molar-refractivity contribution in [1.29, 1.82) is 0 Å². The molecule has 1 aliphatic heterocycles. The molecule has 1 aliphatic rings. The van der Waals surface area contributed by atoms with Gasteiger partial charge in [-0.3, -0.25) is 5.14 Å². The maximum atomic E-state index is 9.81. The Bertz CT molecular complexity index is 634. The number of aliphatic hydroxyl groups excluding tert-OH is 2. The van der Waals surface area contributed by atoms with Gasteiger partial charge in [0, 0.05) is 12.6 Å². The largest absolute Gasteiger partial charge is 0.394 e. The topological polar surface area (TPSA) is 132 Å². The molecule has 0 spiro atoms. The molecular formula is C11H15N5O3S. The number of ether oxygens (including phenoxy) is 1. The molecule has 0 unspecified atom stereocenters. The number of nitrogens with zero attached hydrogens (tertiary/aromatic N) is 3. The van der Waals surface area contributed by atoms with E-state index in [4.69, 9.17) is 20.7 Å². The fourth-order valence-corrected chi connectivity index (χ4v) is 2.83. The predicted molar refractivity (Wildman–Crippen MR) is 73.6 cm³/mol. The van der Waals surface area contributed by atoms with Crippen molar-refractivity contribution in [2.24, 2.45) is 5.14 Å². The molecule has 0 radical (unpaired) electrons. The molecule has 1 fully saturated rings. The Labute approximate surface area is 118 Å². The van der Waals surface area contributed by atoms with E-state index in [2.05, 4.69) is 9.97 Å². The lowest BCUT2D eigenvalue weighted by molar-refractivity contribution is -0.0430. The minimum atomic E-state index is -0.704. The van der Waals surface area contributed by atoms with Gasteiger partial charge in [0.05, 0.1) is 18.1 Å². The first kappa shape index (κ1) is 13.6. The van der Waals surface area contributed by atoms with E-state index >= 15 is 0 Å². The minimum absolute atomic E-state index is 0.127. The van der Waals surface area contributed by atoms with E-state index in [1.807, 2.05) is 6.07 Å².